The van der Waals surface area contributed by atoms with Crippen LogP contribution in [0.15, 0.2) is 12.3 Å². The summed E-state index contributed by atoms with van der Waals surface area (Å²) in [5.74, 6) is -1.15. The van der Waals surface area contributed by atoms with Crippen LogP contribution in [0.3, 0.4) is 0 Å². The van der Waals surface area contributed by atoms with Crippen LogP contribution in [0.5, 0.6) is 0 Å². The van der Waals surface area contributed by atoms with Crippen LogP contribution < -0.4 is 16.4 Å². The van der Waals surface area contributed by atoms with Crippen LogP contribution in [-0.2, 0) is 9.59 Å². The molecule has 5 N–H and O–H groups in total. The highest BCUT2D eigenvalue weighted by Crippen LogP contribution is 2.18. The van der Waals surface area contributed by atoms with Crippen molar-refractivity contribution in [3.8, 4) is 0 Å². The number of aromatic amines is 1. The molecule has 0 aliphatic carbocycles. The van der Waals surface area contributed by atoms with E-state index in [4.69, 9.17) is 5.73 Å². The van der Waals surface area contributed by atoms with Gasteiger partial charge in [-0.1, -0.05) is 6.92 Å². The number of hydrogen-bond acceptors (Lipinski definition) is 3. The van der Waals surface area contributed by atoms with Gasteiger partial charge in [0.25, 0.3) is 5.91 Å². The number of nitrogens with two attached hydrogens (primary N) is 1. The van der Waals surface area contributed by atoms with E-state index < -0.39 is 5.91 Å². The van der Waals surface area contributed by atoms with Crippen molar-refractivity contribution in [1.82, 2.24) is 10.3 Å². The zero-order chi connectivity index (χ0) is 14.0. The van der Waals surface area contributed by atoms with E-state index >= 15 is 0 Å². The number of anilines is 1. The van der Waals surface area contributed by atoms with Crippen molar-refractivity contribution >= 4 is 23.4 Å². The molecule has 2 heterocycles. The number of primary amides is 1. The third kappa shape index (κ3) is 2.93. The molecule has 1 aromatic rings. The van der Waals surface area contributed by atoms with E-state index in [9.17, 15) is 14.4 Å². The average molecular weight is 264 g/mol. The Morgan fingerprint density at radius 3 is 2.79 bits per heavy atom. The van der Waals surface area contributed by atoms with Gasteiger partial charge in [0.05, 0.1) is 11.6 Å². The Morgan fingerprint density at radius 2 is 2.26 bits per heavy atom. The van der Waals surface area contributed by atoms with Gasteiger partial charge in [0.2, 0.25) is 11.8 Å². The summed E-state index contributed by atoms with van der Waals surface area (Å²) in [4.78, 5) is 36.7. The summed E-state index contributed by atoms with van der Waals surface area (Å²) >= 11 is 0. The second kappa shape index (κ2) is 5.13. The first kappa shape index (κ1) is 13.1. The van der Waals surface area contributed by atoms with Gasteiger partial charge in [-0.25, -0.2) is 0 Å². The minimum absolute atomic E-state index is 0.0256. The third-order valence-electron chi connectivity index (χ3n) is 3.26. The summed E-state index contributed by atoms with van der Waals surface area (Å²) in [6, 6.07) is 1.34. The number of H-pyrrole nitrogens is 1. The molecule has 3 amide bonds. The van der Waals surface area contributed by atoms with Gasteiger partial charge in [0, 0.05) is 18.7 Å². The first-order chi connectivity index (χ1) is 8.97. The van der Waals surface area contributed by atoms with Gasteiger partial charge < -0.3 is 21.4 Å². The van der Waals surface area contributed by atoms with Gasteiger partial charge in [-0.15, -0.1) is 0 Å². The molecule has 0 saturated carbocycles. The molecule has 0 aromatic carbocycles. The van der Waals surface area contributed by atoms with E-state index in [2.05, 4.69) is 15.6 Å². The molecule has 0 bridgehead atoms. The summed E-state index contributed by atoms with van der Waals surface area (Å²) in [6.07, 6.45) is 2.61. The summed E-state index contributed by atoms with van der Waals surface area (Å²) in [6.45, 7) is 1.76. The van der Waals surface area contributed by atoms with Crippen LogP contribution >= 0.6 is 0 Å². The number of amides is 3. The standard InChI is InChI=1S/C12H16N4O3/c1-6(8-2-3-10(17)16-8)12(19)15-7-4-9(11(13)18)14-5-7/h4-6,8,14H,2-3H2,1H3,(H2,13,18)(H,15,19)(H,16,17). The van der Waals surface area contributed by atoms with Gasteiger partial charge in [-0.2, -0.15) is 0 Å². The van der Waals surface area contributed by atoms with E-state index in [-0.39, 0.29) is 29.5 Å². The Balaban J connectivity index is 1.96. The zero-order valence-electron chi connectivity index (χ0n) is 10.5. The molecule has 1 aliphatic heterocycles. The number of aromatic nitrogens is 1. The SMILES string of the molecule is CC(C(=O)Nc1c[nH]c(C(N)=O)c1)C1CCC(=O)N1. The molecule has 1 aromatic heterocycles. The first-order valence-corrected chi connectivity index (χ1v) is 6.06. The van der Waals surface area contributed by atoms with Crippen molar-refractivity contribution < 1.29 is 14.4 Å². The van der Waals surface area contributed by atoms with Crippen molar-refractivity contribution in [2.24, 2.45) is 11.7 Å². The Hall–Kier alpha value is -2.31. The maximum Gasteiger partial charge on any atom is 0.265 e. The quantitative estimate of drug-likeness (QED) is 0.611. The number of nitrogens with one attached hydrogen (secondary N) is 3. The maximum atomic E-state index is 12.0. The molecule has 0 radical (unpaired) electrons. The Bertz CT molecular complexity index is 523. The molecule has 7 nitrogen and oxygen atoms in total. The lowest BCUT2D eigenvalue weighted by molar-refractivity contribution is -0.121. The smallest absolute Gasteiger partial charge is 0.265 e. The highest BCUT2D eigenvalue weighted by molar-refractivity contribution is 5.96. The van der Waals surface area contributed by atoms with E-state index in [1.54, 1.807) is 6.92 Å². The van der Waals surface area contributed by atoms with Crippen LogP contribution in [0, 0.1) is 5.92 Å². The highest BCUT2D eigenvalue weighted by atomic mass is 16.2. The number of rotatable bonds is 4. The molecule has 102 valence electrons. The molecule has 1 fully saturated rings. The second-order valence-corrected chi connectivity index (χ2v) is 4.66. The fourth-order valence-electron chi connectivity index (χ4n) is 2.06. The fraction of sp³-hybridized carbons (Fsp3) is 0.417. The average Bonchev–Trinajstić information content (AvgIpc) is 2.97. The van der Waals surface area contributed by atoms with Crippen molar-refractivity contribution in [1.29, 1.82) is 0 Å². The largest absolute Gasteiger partial charge is 0.364 e. The normalized spacial score (nSPS) is 19.8. The summed E-state index contributed by atoms with van der Waals surface area (Å²) in [5, 5.41) is 5.44. The predicted octanol–water partition coefficient (Wildman–Crippen LogP) is -0.0332. The number of carbonyl (C=O) groups excluding carboxylic acids is 3. The molecule has 2 rings (SSSR count). The molecular formula is C12H16N4O3. The first-order valence-electron chi connectivity index (χ1n) is 6.06. The highest BCUT2D eigenvalue weighted by Gasteiger charge is 2.30. The Labute approximate surface area is 109 Å². The topological polar surface area (TPSA) is 117 Å². The van der Waals surface area contributed by atoms with E-state index in [1.165, 1.54) is 12.3 Å². The van der Waals surface area contributed by atoms with Crippen LogP contribution in [0.1, 0.15) is 30.3 Å². The van der Waals surface area contributed by atoms with Gasteiger partial charge in [-0.05, 0) is 12.5 Å². The molecular weight excluding hydrogens is 248 g/mol. The van der Waals surface area contributed by atoms with Gasteiger partial charge in [0.15, 0.2) is 0 Å². The summed E-state index contributed by atoms with van der Waals surface area (Å²) < 4.78 is 0. The lowest BCUT2D eigenvalue weighted by Crippen LogP contribution is -2.38. The maximum absolute atomic E-state index is 12.0. The second-order valence-electron chi connectivity index (χ2n) is 4.66. The Kier molecular flexibility index (Phi) is 3.55. The van der Waals surface area contributed by atoms with Crippen LogP contribution in [0.4, 0.5) is 5.69 Å². The molecule has 1 saturated heterocycles. The van der Waals surface area contributed by atoms with Crippen LogP contribution in [0.2, 0.25) is 0 Å². The van der Waals surface area contributed by atoms with E-state index in [0.717, 1.165) is 0 Å². The fourth-order valence-corrected chi connectivity index (χ4v) is 2.06. The van der Waals surface area contributed by atoms with Crippen LogP contribution in [0.25, 0.3) is 0 Å². The third-order valence-corrected chi connectivity index (χ3v) is 3.26. The molecule has 2 atom stereocenters. The molecule has 2 unspecified atom stereocenters. The minimum Gasteiger partial charge on any atom is -0.364 e. The monoisotopic (exact) mass is 264 g/mol. The van der Waals surface area contributed by atoms with Gasteiger partial charge in [0.1, 0.15) is 5.69 Å². The van der Waals surface area contributed by atoms with Gasteiger partial charge in [-0.3, -0.25) is 14.4 Å². The lowest BCUT2D eigenvalue weighted by Gasteiger charge is -2.17. The number of carbonyl (C=O) groups is 3. The lowest BCUT2D eigenvalue weighted by atomic mass is 10.00. The summed E-state index contributed by atoms with van der Waals surface area (Å²) in [7, 11) is 0. The molecule has 1 aliphatic rings. The molecule has 19 heavy (non-hydrogen) atoms. The molecule has 0 spiro atoms. The van der Waals surface area contributed by atoms with Crippen molar-refractivity contribution in [3.05, 3.63) is 18.0 Å². The number of hydrogen-bond donors (Lipinski definition) is 4. The van der Waals surface area contributed by atoms with E-state index in [0.29, 0.717) is 18.5 Å². The van der Waals surface area contributed by atoms with Crippen molar-refractivity contribution in [3.63, 3.8) is 0 Å². The van der Waals surface area contributed by atoms with Crippen molar-refractivity contribution in [2.45, 2.75) is 25.8 Å². The van der Waals surface area contributed by atoms with Crippen LogP contribution in [-0.4, -0.2) is 28.7 Å². The van der Waals surface area contributed by atoms with Gasteiger partial charge >= 0.3 is 0 Å². The van der Waals surface area contributed by atoms with Crippen molar-refractivity contribution in [2.75, 3.05) is 5.32 Å². The molecule has 7 heteroatoms. The zero-order valence-corrected chi connectivity index (χ0v) is 10.5. The summed E-state index contributed by atoms with van der Waals surface area (Å²) in [5.41, 5.74) is 5.82. The predicted molar refractivity (Wildman–Crippen MR) is 68.3 cm³/mol. The minimum atomic E-state index is -0.586. The van der Waals surface area contributed by atoms with E-state index in [1.807, 2.05) is 0 Å². The Morgan fingerprint density at radius 1 is 1.53 bits per heavy atom.